The summed E-state index contributed by atoms with van der Waals surface area (Å²) < 4.78 is 14.9. The zero-order chi connectivity index (χ0) is 12.4. The maximum Gasteiger partial charge on any atom is 0.318 e. The molecule has 0 atom stereocenters. The fourth-order valence-corrected chi connectivity index (χ4v) is 2.11. The Morgan fingerprint density at radius 2 is 2.29 bits per heavy atom. The minimum atomic E-state index is -0.859. The molecule has 0 saturated heterocycles. The number of nitro benzene ring substituents is 1. The number of hydrogen-bond acceptors (Lipinski definition) is 5. The lowest BCUT2D eigenvalue weighted by Gasteiger charge is -2.02. The van der Waals surface area contributed by atoms with Crippen LogP contribution >= 0.6 is 11.8 Å². The Kier molecular flexibility index (Phi) is 3.05. The van der Waals surface area contributed by atoms with Crippen molar-refractivity contribution in [3.8, 4) is 0 Å². The number of para-hydroxylation sites is 1. The van der Waals surface area contributed by atoms with Gasteiger partial charge in [0.25, 0.3) is 0 Å². The Bertz CT molecular complexity index is 572. The van der Waals surface area contributed by atoms with E-state index in [4.69, 9.17) is 0 Å². The van der Waals surface area contributed by atoms with E-state index in [1.165, 1.54) is 18.5 Å². The normalized spacial score (nSPS) is 10.5. The molecule has 0 saturated carbocycles. The lowest BCUT2D eigenvalue weighted by molar-refractivity contribution is -0.390. The summed E-state index contributed by atoms with van der Waals surface area (Å²) in [5.41, 5.74) is -0.541. The van der Waals surface area contributed by atoms with Gasteiger partial charge in [-0.2, -0.15) is 4.39 Å². The molecule has 1 aromatic heterocycles. The van der Waals surface area contributed by atoms with Gasteiger partial charge in [-0.3, -0.25) is 10.1 Å². The van der Waals surface area contributed by atoms with Gasteiger partial charge >= 0.3 is 5.69 Å². The van der Waals surface area contributed by atoms with Crippen LogP contribution in [0.2, 0.25) is 0 Å². The number of rotatable bonds is 3. The molecule has 1 heterocycles. The standard InChI is InChI=1S/C9H7FN4O2S/c1-13-5-11-12-9(13)17-7-4-2-3-6(10)8(7)14(15)16/h2-5H,1H3. The molecule has 6 nitrogen and oxygen atoms in total. The topological polar surface area (TPSA) is 73.8 Å². The maximum absolute atomic E-state index is 13.3. The van der Waals surface area contributed by atoms with E-state index in [0.29, 0.717) is 5.16 Å². The van der Waals surface area contributed by atoms with Crippen molar-refractivity contribution >= 4 is 17.4 Å². The molecule has 2 aromatic rings. The fourth-order valence-electron chi connectivity index (χ4n) is 1.22. The first kappa shape index (κ1) is 11.5. The van der Waals surface area contributed by atoms with Gasteiger partial charge in [0.05, 0.1) is 9.82 Å². The number of halogens is 1. The van der Waals surface area contributed by atoms with Crippen molar-refractivity contribution in [1.29, 1.82) is 0 Å². The Morgan fingerprint density at radius 3 is 2.88 bits per heavy atom. The fraction of sp³-hybridized carbons (Fsp3) is 0.111. The average molecular weight is 254 g/mol. The summed E-state index contributed by atoms with van der Waals surface area (Å²) in [4.78, 5) is 10.2. The Labute approximate surface area is 99.6 Å². The van der Waals surface area contributed by atoms with E-state index in [2.05, 4.69) is 10.2 Å². The van der Waals surface area contributed by atoms with E-state index in [1.54, 1.807) is 11.6 Å². The highest BCUT2D eigenvalue weighted by molar-refractivity contribution is 7.99. The molecule has 17 heavy (non-hydrogen) atoms. The first-order chi connectivity index (χ1) is 8.09. The Morgan fingerprint density at radius 1 is 1.53 bits per heavy atom. The molecule has 0 aliphatic rings. The van der Waals surface area contributed by atoms with E-state index < -0.39 is 16.4 Å². The molecule has 0 unspecified atom stereocenters. The van der Waals surface area contributed by atoms with Gasteiger partial charge in [0, 0.05) is 7.05 Å². The van der Waals surface area contributed by atoms with Gasteiger partial charge in [-0.1, -0.05) is 6.07 Å². The number of benzene rings is 1. The molecule has 0 amide bonds. The number of hydrogen-bond donors (Lipinski definition) is 0. The summed E-state index contributed by atoms with van der Waals surface area (Å²) in [6, 6.07) is 3.94. The number of nitro groups is 1. The van der Waals surface area contributed by atoms with Crippen LogP contribution in [0, 0.1) is 15.9 Å². The van der Waals surface area contributed by atoms with Crippen LogP contribution in [-0.4, -0.2) is 19.7 Å². The van der Waals surface area contributed by atoms with Crippen molar-refractivity contribution in [2.45, 2.75) is 10.1 Å². The zero-order valence-corrected chi connectivity index (χ0v) is 9.52. The number of aryl methyl sites for hydroxylation is 1. The minimum absolute atomic E-state index is 0.200. The molecule has 0 fully saturated rings. The second-order valence-corrected chi connectivity index (χ2v) is 4.18. The summed E-state index contributed by atoms with van der Waals surface area (Å²) in [6.45, 7) is 0. The third-order valence-corrected chi connectivity index (χ3v) is 3.10. The highest BCUT2D eigenvalue weighted by atomic mass is 32.2. The number of aromatic nitrogens is 3. The van der Waals surface area contributed by atoms with E-state index >= 15 is 0 Å². The van der Waals surface area contributed by atoms with Gasteiger partial charge in [0.2, 0.25) is 5.82 Å². The van der Waals surface area contributed by atoms with E-state index in [-0.39, 0.29) is 4.90 Å². The summed E-state index contributed by atoms with van der Waals surface area (Å²) >= 11 is 0.998. The molecule has 0 radical (unpaired) electrons. The molecule has 0 bridgehead atoms. The van der Waals surface area contributed by atoms with Crippen molar-refractivity contribution in [2.24, 2.45) is 7.05 Å². The summed E-state index contributed by atoms with van der Waals surface area (Å²) in [5.74, 6) is -0.859. The molecule has 88 valence electrons. The Hall–Kier alpha value is -1.96. The van der Waals surface area contributed by atoms with Gasteiger partial charge in [-0.25, -0.2) is 0 Å². The maximum atomic E-state index is 13.3. The lowest BCUT2D eigenvalue weighted by atomic mass is 10.3. The first-order valence-corrected chi connectivity index (χ1v) is 5.36. The van der Waals surface area contributed by atoms with Crippen LogP contribution in [-0.2, 0) is 7.05 Å². The monoisotopic (exact) mass is 254 g/mol. The highest BCUT2D eigenvalue weighted by Crippen LogP contribution is 2.34. The largest absolute Gasteiger partial charge is 0.318 e. The summed E-state index contributed by atoms with van der Waals surface area (Å²) in [6.07, 6.45) is 1.47. The van der Waals surface area contributed by atoms with Gasteiger partial charge in [0.1, 0.15) is 6.33 Å². The highest BCUT2D eigenvalue weighted by Gasteiger charge is 2.21. The van der Waals surface area contributed by atoms with Crippen LogP contribution in [0.4, 0.5) is 10.1 Å². The van der Waals surface area contributed by atoms with Gasteiger partial charge < -0.3 is 4.57 Å². The third kappa shape index (κ3) is 2.26. The van der Waals surface area contributed by atoms with Gasteiger partial charge in [-0.15, -0.1) is 10.2 Å². The minimum Gasteiger partial charge on any atom is -0.311 e. The van der Waals surface area contributed by atoms with Gasteiger partial charge in [0.15, 0.2) is 5.16 Å². The van der Waals surface area contributed by atoms with Gasteiger partial charge in [-0.05, 0) is 23.9 Å². The van der Waals surface area contributed by atoms with Crippen LogP contribution in [0.3, 0.4) is 0 Å². The van der Waals surface area contributed by atoms with Crippen LogP contribution in [0.1, 0.15) is 0 Å². The van der Waals surface area contributed by atoms with Crippen molar-refractivity contribution in [2.75, 3.05) is 0 Å². The molecule has 0 N–H and O–H groups in total. The SMILES string of the molecule is Cn1cnnc1Sc1cccc(F)c1[N+](=O)[O-]. The smallest absolute Gasteiger partial charge is 0.311 e. The molecule has 8 heteroatoms. The van der Waals surface area contributed by atoms with E-state index in [0.717, 1.165) is 17.8 Å². The quantitative estimate of drug-likeness (QED) is 0.618. The third-order valence-electron chi connectivity index (χ3n) is 2.00. The van der Waals surface area contributed by atoms with Crippen molar-refractivity contribution in [3.63, 3.8) is 0 Å². The molecular weight excluding hydrogens is 247 g/mol. The molecule has 0 aliphatic carbocycles. The van der Waals surface area contributed by atoms with Crippen LogP contribution in [0.15, 0.2) is 34.6 Å². The molecular formula is C9H7FN4O2S. The molecule has 0 aliphatic heterocycles. The summed E-state index contributed by atoms with van der Waals surface area (Å²) in [5, 5.41) is 18.6. The molecule has 0 spiro atoms. The zero-order valence-electron chi connectivity index (χ0n) is 8.70. The van der Waals surface area contributed by atoms with Crippen molar-refractivity contribution in [1.82, 2.24) is 14.8 Å². The molecule has 1 aromatic carbocycles. The number of nitrogens with zero attached hydrogens (tertiary/aromatic N) is 4. The lowest BCUT2D eigenvalue weighted by Crippen LogP contribution is -1.96. The Balaban J connectivity index is 2.43. The molecule has 2 rings (SSSR count). The van der Waals surface area contributed by atoms with Crippen molar-refractivity contribution < 1.29 is 9.31 Å². The predicted octanol–water partition coefficient (Wildman–Crippen LogP) is 2.01. The average Bonchev–Trinajstić information content (AvgIpc) is 2.64. The van der Waals surface area contributed by atoms with Crippen molar-refractivity contribution in [3.05, 3.63) is 40.5 Å². The second-order valence-electron chi connectivity index (χ2n) is 3.17. The second kappa shape index (κ2) is 4.50. The summed E-state index contributed by atoms with van der Waals surface area (Å²) in [7, 11) is 1.70. The van der Waals surface area contributed by atoms with E-state index in [9.17, 15) is 14.5 Å². The van der Waals surface area contributed by atoms with Crippen LogP contribution in [0.5, 0.6) is 0 Å². The van der Waals surface area contributed by atoms with E-state index in [1.807, 2.05) is 0 Å². The first-order valence-electron chi connectivity index (χ1n) is 4.54. The van der Waals surface area contributed by atoms with Crippen LogP contribution < -0.4 is 0 Å². The predicted molar refractivity (Wildman–Crippen MR) is 58.2 cm³/mol. The van der Waals surface area contributed by atoms with Crippen LogP contribution in [0.25, 0.3) is 0 Å².